The Morgan fingerprint density at radius 3 is 2.20 bits per heavy atom. The van der Waals surface area contributed by atoms with Crippen LogP contribution in [0.25, 0.3) is 0 Å². The summed E-state index contributed by atoms with van der Waals surface area (Å²) in [7, 11) is 0. The molecule has 1 nitrogen and oxygen atoms in total. The van der Waals surface area contributed by atoms with Crippen molar-refractivity contribution < 1.29 is 4.74 Å². The Morgan fingerprint density at radius 2 is 1.60 bits per heavy atom. The molecule has 0 bridgehead atoms. The standard InChI is InChI=1S/C10H12O.2C2H6/c1-7-5-8(2)10-9(6-7)3-4-11-10;2*1-2/h5-6H,3-4H2,1-2H3;2*1-2H3. The fourth-order valence-electron chi connectivity index (χ4n) is 1.70. The molecule has 86 valence electrons. The fourth-order valence-corrected chi connectivity index (χ4v) is 1.70. The van der Waals surface area contributed by atoms with Crippen LogP contribution in [0, 0.1) is 13.8 Å². The largest absolute Gasteiger partial charge is 0.493 e. The van der Waals surface area contributed by atoms with Crippen LogP contribution in [0.1, 0.15) is 44.4 Å². The Hall–Kier alpha value is -0.980. The molecule has 0 N–H and O–H groups in total. The van der Waals surface area contributed by atoms with Crippen molar-refractivity contribution in [1.29, 1.82) is 0 Å². The number of hydrogen-bond acceptors (Lipinski definition) is 1. The molecule has 0 aliphatic carbocycles. The molecule has 1 aliphatic heterocycles. The molecule has 0 spiro atoms. The first-order valence-electron chi connectivity index (χ1n) is 6.00. The first-order valence-corrected chi connectivity index (χ1v) is 6.00. The van der Waals surface area contributed by atoms with Gasteiger partial charge in [0, 0.05) is 6.42 Å². The summed E-state index contributed by atoms with van der Waals surface area (Å²) >= 11 is 0. The minimum Gasteiger partial charge on any atom is -0.493 e. The molecule has 0 radical (unpaired) electrons. The zero-order valence-electron chi connectivity index (χ0n) is 11.0. The average molecular weight is 208 g/mol. The molecule has 0 fully saturated rings. The Labute approximate surface area is 94.5 Å². The third-order valence-electron chi connectivity index (χ3n) is 2.11. The molecule has 15 heavy (non-hydrogen) atoms. The van der Waals surface area contributed by atoms with E-state index in [9.17, 15) is 0 Å². The normalized spacial score (nSPS) is 11.3. The molecule has 0 amide bonds. The van der Waals surface area contributed by atoms with Gasteiger partial charge in [-0.1, -0.05) is 45.4 Å². The Balaban J connectivity index is 0.000000442. The van der Waals surface area contributed by atoms with Crippen molar-refractivity contribution in [2.45, 2.75) is 48.0 Å². The first-order chi connectivity index (χ1) is 7.27. The molecular weight excluding hydrogens is 184 g/mol. The van der Waals surface area contributed by atoms with E-state index in [2.05, 4.69) is 26.0 Å². The van der Waals surface area contributed by atoms with E-state index in [1.54, 1.807) is 0 Å². The van der Waals surface area contributed by atoms with E-state index in [1.807, 2.05) is 27.7 Å². The lowest BCUT2D eigenvalue weighted by Crippen LogP contribution is -1.87. The summed E-state index contributed by atoms with van der Waals surface area (Å²) in [4.78, 5) is 0. The summed E-state index contributed by atoms with van der Waals surface area (Å²) in [6, 6.07) is 4.39. The number of benzene rings is 1. The van der Waals surface area contributed by atoms with Crippen LogP contribution in [0.15, 0.2) is 12.1 Å². The van der Waals surface area contributed by atoms with Crippen molar-refractivity contribution in [3.8, 4) is 5.75 Å². The van der Waals surface area contributed by atoms with Gasteiger partial charge in [0.25, 0.3) is 0 Å². The van der Waals surface area contributed by atoms with Gasteiger partial charge in [0.05, 0.1) is 6.61 Å². The van der Waals surface area contributed by atoms with Gasteiger partial charge in [-0.3, -0.25) is 0 Å². The Morgan fingerprint density at radius 1 is 1.00 bits per heavy atom. The second kappa shape index (κ2) is 7.33. The van der Waals surface area contributed by atoms with Gasteiger partial charge in [-0.2, -0.15) is 0 Å². The molecule has 1 aromatic carbocycles. The molecule has 0 atom stereocenters. The van der Waals surface area contributed by atoms with Crippen molar-refractivity contribution in [1.82, 2.24) is 0 Å². The van der Waals surface area contributed by atoms with Gasteiger partial charge in [-0.15, -0.1) is 0 Å². The molecule has 1 aliphatic rings. The lowest BCUT2D eigenvalue weighted by atomic mass is 10.1. The maximum absolute atomic E-state index is 5.48. The van der Waals surface area contributed by atoms with E-state index in [4.69, 9.17) is 4.74 Å². The summed E-state index contributed by atoms with van der Waals surface area (Å²) in [5.41, 5.74) is 3.99. The highest BCUT2D eigenvalue weighted by atomic mass is 16.5. The van der Waals surface area contributed by atoms with Gasteiger partial charge in [0.1, 0.15) is 5.75 Å². The van der Waals surface area contributed by atoms with Crippen molar-refractivity contribution in [2.24, 2.45) is 0 Å². The van der Waals surface area contributed by atoms with Crippen LogP contribution >= 0.6 is 0 Å². The zero-order valence-corrected chi connectivity index (χ0v) is 11.0. The summed E-state index contributed by atoms with van der Waals surface area (Å²) in [5.74, 6) is 1.12. The second-order valence-corrected chi connectivity index (χ2v) is 3.17. The summed E-state index contributed by atoms with van der Waals surface area (Å²) in [6.45, 7) is 13.1. The predicted molar refractivity (Wildman–Crippen MR) is 67.8 cm³/mol. The third-order valence-corrected chi connectivity index (χ3v) is 2.11. The second-order valence-electron chi connectivity index (χ2n) is 3.17. The minimum absolute atomic E-state index is 0.861. The highest BCUT2D eigenvalue weighted by Gasteiger charge is 2.13. The van der Waals surface area contributed by atoms with Gasteiger partial charge in [-0.05, 0) is 25.0 Å². The highest BCUT2D eigenvalue weighted by molar-refractivity contribution is 5.45. The van der Waals surface area contributed by atoms with E-state index < -0.39 is 0 Å². The lowest BCUT2D eigenvalue weighted by molar-refractivity contribution is 0.354. The number of ether oxygens (including phenoxy) is 1. The lowest BCUT2D eigenvalue weighted by Gasteiger charge is -2.03. The molecule has 0 saturated carbocycles. The maximum atomic E-state index is 5.48. The fraction of sp³-hybridized carbons (Fsp3) is 0.571. The van der Waals surface area contributed by atoms with Crippen LogP contribution in [0.4, 0.5) is 0 Å². The molecule has 2 rings (SSSR count). The summed E-state index contributed by atoms with van der Waals surface area (Å²) < 4.78 is 5.48. The monoisotopic (exact) mass is 208 g/mol. The number of fused-ring (bicyclic) bond motifs is 1. The Kier molecular flexibility index (Phi) is 6.85. The molecule has 1 heterocycles. The van der Waals surface area contributed by atoms with Crippen molar-refractivity contribution in [3.63, 3.8) is 0 Å². The van der Waals surface area contributed by atoms with E-state index in [0.717, 1.165) is 18.8 Å². The van der Waals surface area contributed by atoms with Crippen LogP contribution in [-0.4, -0.2) is 6.61 Å². The van der Waals surface area contributed by atoms with Crippen LogP contribution in [0.3, 0.4) is 0 Å². The number of rotatable bonds is 0. The molecular formula is C14H24O. The van der Waals surface area contributed by atoms with Crippen LogP contribution in [-0.2, 0) is 6.42 Å². The topological polar surface area (TPSA) is 9.23 Å². The van der Waals surface area contributed by atoms with E-state index >= 15 is 0 Å². The number of aryl methyl sites for hydroxylation is 2. The van der Waals surface area contributed by atoms with Crippen molar-refractivity contribution in [3.05, 3.63) is 28.8 Å². The average Bonchev–Trinajstić information content (AvgIpc) is 2.72. The molecule has 0 saturated heterocycles. The molecule has 0 unspecified atom stereocenters. The van der Waals surface area contributed by atoms with Crippen LogP contribution < -0.4 is 4.74 Å². The van der Waals surface area contributed by atoms with Gasteiger partial charge in [0.2, 0.25) is 0 Å². The third kappa shape index (κ3) is 3.58. The van der Waals surface area contributed by atoms with Crippen molar-refractivity contribution >= 4 is 0 Å². The predicted octanol–water partition coefficient (Wildman–Crippen LogP) is 4.29. The first kappa shape index (κ1) is 14.0. The smallest absolute Gasteiger partial charge is 0.125 e. The van der Waals surface area contributed by atoms with E-state index in [-0.39, 0.29) is 0 Å². The zero-order chi connectivity index (χ0) is 11.8. The molecule has 0 aromatic heterocycles. The summed E-state index contributed by atoms with van der Waals surface area (Å²) in [5, 5.41) is 0. The Bertz CT molecular complexity index is 290. The van der Waals surface area contributed by atoms with Crippen molar-refractivity contribution in [2.75, 3.05) is 6.61 Å². The number of hydrogen-bond donors (Lipinski definition) is 0. The van der Waals surface area contributed by atoms with E-state index in [1.165, 1.54) is 16.7 Å². The quantitative estimate of drug-likeness (QED) is 0.618. The molecule has 1 heteroatoms. The SMILES string of the molecule is CC.CC.Cc1cc(C)c2c(c1)CCO2. The highest BCUT2D eigenvalue weighted by Crippen LogP contribution is 2.29. The minimum atomic E-state index is 0.861. The van der Waals surface area contributed by atoms with Crippen LogP contribution in [0.5, 0.6) is 5.75 Å². The maximum Gasteiger partial charge on any atom is 0.125 e. The van der Waals surface area contributed by atoms with Gasteiger partial charge in [-0.25, -0.2) is 0 Å². The van der Waals surface area contributed by atoms with Gasteiger partial charge >= 0.3 is 0 Å². The van der Waals surface area contributed by atoms with E-state index in [0.29, 0.717) is 0 Å². The van der Waals surface area contributed by atoms with Crippen LogP contribution in [0.2, 0.25) is 0 Å². The van der Waals surface area contributed by atoms with Gasteiger partial charge < -0.3 is 4.74 Å². The molecule has 1 aromatic rings. The summed E-state index contributed by atoms with van der Waals surface area (Å²) in [6.07, 6.45) is 1.08. The van der Waals surface area contributed by atoms with Gasteiger partial charge in [0.15, 0.2) is 0 Å².